The number of hydrogen-bond donors (Lipinski definition) is 2. The maximum absolute atomic E-state index is 5.35. The molecule has 0 aliphatic carbocycles. The molecule has 1 aromatic heterocycles. The maximum Gasteiger partial charge on any atom is 0.229 e. The van der Waals surface area contributed by atoms with Gasteiger partial charge in [0.05, 0.1) is 14.2 Å². The van der Waals surface area contributed by atoms with Gasteiger partial charge in [-0.25, -0.2) is 4.98 Å². The minimum Gasteiger partial charge on any atom is -0.493 e. The average Bonchev–Trinajstić information content (AvgIpc) is 2.65. The molecule has 3 rings (SSSR count). The number of aryl methyl sites for hydroxylation is 2. The monoisotopic (exact) mass is 364 g/mol. The first-order valence-electron chi connectivity index (χ1n) is 8.68. The van der Waals surface area contributed by atoms with Gasteiger partial charge in [0.25, 0.3) is 0 Å². The fourth-order valence-electron chi connectivity index (χ4n) is 2.76. The molecule has 2 aromatic carbocycles. The third-order valence-corrected chi connectivity index (χ3v) is 4.36. The van der Waals surface area contributed by atoms with Crippen molar-refractivity contribution in [2.45, 2.75) is 20.8 Å². The Morgan fingerprint density at radius 2 is 1.59 bits per heavy atom. The number of ether oxygens (including phenoxy) is 2. The molecule has 3 aromatic rings. The molecule has 0 aliphatic heterocycles. The fourth-order valence-corrected chi connectivity index (χ4v) is 2.76. The van der Waals surface area contributed by atoms with E-state index in [-0.39, 0.29) is 0 Å². The fraction of sp³-hybridized carbons (Fsp3) is 0.238. The van der Waals surface area contributed by atoms with Gasteiger partial charge >= 0.3 is 0 Å². The Morgan fingerprint density at radius 1 is 0.815 bits per heavy atom. The minimum absolute atomic E-state index is 0.509. The van der Waals surface area contributed by atoms with Gasteiger partial charge in [0.1, 0.15) is 5.82 Å². The molecule has 0 spiro atoms. The van der Waals surface area contributed by atoms with Gasteiger partial charge in [-0.05, 0) is 50.1 Å². The van der Waals surface area contributed by atoms with E-state index in [0.29, 0.717) is 17.4 Å². The number of anilines is 4. The van der Waals surface area contributed by atoms with Gasteiger partial charge in [-0.15, -0.1) is 0 Å². The lowest BCUT2D eigenvalue weighted by atomic mass is 10.1. The van der Waals surface area contributed by atoms with Gasteiger partial charge < -0.3 is 20.1 Å². The van der Waals surface area contributed by atoms with Crippen molar-refractivity contribution in [2.24, 2.45) is 0 Å². The summed E-state index contributed by atoms with van der Waals surface area (Å²) in [7, 11) is 3.22. The van der Waals surface area contributed by atoms with Crippen LogP contribution >= 0.6 is 0 Å². The van der Waals surface area contributed by atoms with Crippen molar-refractivity contribution in [2.75, 3.05) is 24.9 Å². The van der Waals surface area contributed by atoms with Crippen molar-refractivity contribution in [1.29, 1.82) is 0 Å². The predicted octanol–water partition coefficient (Wildman–Crippen LogP) is 4.91. The third-order valence-electron chi connectivity index (χ3n) is 4.36. The van der Waals surface area contributed by atoms with Crippen LogP contribution in [0.3, 0.4) is 0 Å². The van der Waals surface area contributed by atoms with Crippen LogP contribution in [0.15, 0.2) is 42.5 Å². The van der Waals surface area contributed by atoms with Gasteiger partial charge in [-0.2, -0.15) is 4.98 Å². The molecule has 0 amide bonds. The maximum atomic E-state index is 5.35. The standard InChI is InChI=1S/C21H24N4O2/c1-13-7-6-8-17(15(13)3)24-20-11-14(2)22-21(25-20)23-16-9-10-18(26-4)19(12-16)27-5/h6-12H,1-5H3,(H2,22,23,24,25). The van der Waals surface area contributed by atoms with Gasteiger partial charge in [0.15, 0.2) is 11.5 Å². The summed E-state index contributed by atoms with van der Waals surface area (Å²) >= 11 is 0. The summed E-state index contributed by atoms with van der Waals surface area (Å²) in [5, 5.41) is 6.61. The zero-order valence-corrected chi connectivity index (χ0v) is 16.3. The Kier molecular flexibility index (Phi) is 5.45. The predicted molar refractivity (Wildman–Crippen MR) is 109 cm³/mol. The lowest BCUT2D eigenvalue weighted by Crippen LogP contribution is -2.03. The Bertz CT molecular complexity index is 957. The highest BCUT2D eigenvalue weighted by Crippen LogP contribution is 2.31. The van der Waals surface area contributed by atoms with Crippen molar-refractivity contribution in [3.05, 3.63) is 59.3 Å². The van der Waals surface area contributed by atoms with Gasteiger partial charge in [0.2, 0.25) is 5.95 Å². The van der Waals surface area contributed by atoms with Crippen molar-refractivity contribution in [1.82, 2.24) is 9.97 Å². The van der Waals surface area contributed by atoms with E-state index in [4.69, 9.17) is 9.47 Å². The molecule has 0 fully saturated rings. The molecule has 0 atom stereocenters. The first-order valence-corrected chi connectivity index (χ1v) is 8.68. The molecule has 6 nitrogen and oxygen atoms in total. The first-order chi connectivity index (χ1) is 13.0. The van der Waals surface area contributed by atoms with Crippen LogP contribution in [0, 0.1) is 20.8 Å². The molecule has 0 saturated heterocycles. The van der Waals surface area contributed by atoms with Crippen molar-refractivity contribution >= 4 is 23.1 Å². The summed E-state index contributed by atoms with van der Waals surface area (Å²) in [6.07, 6.45) is 0. The smallest absolute Gasteiger partial charge is 0.229 e. The number of rotatable bonds is 6. The molecule has 0 aliphatic rings. The second-order valence-corrected chi connectivity index (χ2v) is 6.29. The lowest BCUT2D eigenvalue weighted by Gasteiger charge is -2.13. The minimum atomic E-state index is 0.509. The molecule has 6 heteroatoms. The van der Waals surface area contributed by atoms with Crippen LogP contribution in [0.25, 0.3) is 0 Å². The van der Waals surface area contributed by atoms with Crippen LogP contribution in [0.2, 0.25) is 0 Å². The summed E-state index contributed by atoms with van der Waals surface area (Å²) in [6, 6.07) is 13.7. The summed E-state index contributed by atoms with van der Waals surface area (Å²) in [6.45, 7) is 6.13. The third kappa shape index (κ3) is 4.28. The Labute approximate surface area is 159 Å². The highest BCUT2D eigenvalue weighted by atomic mass is 16.5. The SMILES string of the molecule is COc1ccc(Nc2nc(C)cc(Nc3cccc(C)c3C)n2)cc1OC. The molecule has 2 N–H and O–H groups in total. The van der Waals surface area contributed by atoms with Crippen molar-refractivity contribution in [3.8, 4) is 11.5 Å². The molecular formula is C21H24N4O2. The molecule has 0 bridgehead atoms. The quantitative estimate of drug-likeness (QED) is 0.648. The second-order valence-electron chi connectivity index (χ2n) is 6.29. The highest BCUT2D eigenvalue weighted by molar-refractivity contribution is 5.65. The number of nitrogens with zero attached hydrogens (tertiary/aromatic N) is 2. The van der Waals surface area contributed by atoms with Gasteiger partial charge in [-0.1, -0.05) is 12.1 Å². The number of hydrogen-bond acceptors (Lipinski definition) is 6. The zero-order valence-electron chi connectivity index (χ0n) is 16.3. The topological polar surface area (TPSA) is 68.3 Å². The Balaban J connectivity index is 1.86. The highest BCUT2D eigenvalue weighted by Gasteiger charge is 2.08. The van der Waals surface area contributed by atoms with E-state index < -0.39 is 0 Å². The summed E-state index contributed by atoms with van der Waals surface area (Å²) in [4.78, 5) is 9.06. The Morgan fingerprint density at radius 3 is 2.33 bits per heavy atom. The molecule has 0 radical (unpaired) electrons. The average molecular weight is 364 g/mol. The van der Waals surface area contributed by atoms with Crippen molar-refractivity contribution < 1.29 is 9.47 Å². The van der Waals surface area contributed by atoms with E-state index >= 15 is 0 Å². The largest absolute Gasteiger partial charge is 0.493 e. The first kappa shape index (κ1) is 18.5. The number of nitrogens with one attached hydrogen (secondary N) is 2. The van der Waals surface area contributed by atoms with Crippen LogP contribution in [-0.2, 0) is 0 Å². The van der Waals surface area contributed by atoms with Crippen LogP contribution < -0.4 is 20.1 Å². The van der Waals surface area contributed by atoms with Crippen LogP contribution in [0.4, 0.5) is 23.1 Å². The summed E-state index contributed by atoms with van der Waals surface area (Å²) < 4.78 is 10.6. The van der Waals surface area contributed by atoms with E-state index in [1.165, 1.54) is 11.1 Å². The van der Waals surface area contributed by atoms with E-state index in [9.17, 15) is 0 Å². The molecule has 0 saturated carbocycles. The molecular weight excluding hydrogens is 340 g/mol. The Hall–Kier alpha value is -3.28. The van der Waals surface area contributed by atoms with Crippen LogP contribution in [0.1, 0.15) is 16.8 Å². The number of methoxy groups -OCH3 is 2. The molecule has 140 valence electrons. The normalized spacial score (nSPS) is 10.4. The summed E-state index contributed by atoms with van der Waals surface area (Å²) in [5.74, 6) is 2.56. The van der Waals surface area contributed by atoms with Gasteiger partial charge in [0, 0.05) is 29.2 Å². The number of aromatic nitrogens is 2. The van der Waals surface area contributed by atoms with E-state index in [1.54, 1.807) is 14.2 Å². The van der Waals surface area contributed by atoms with Gasteiger partial charge in [-0.3, -0.25) is 0 Å². The summed E-state index contributed by atoms with van der Waals surface area (Å²) in [5.41, 5.74) is 5.14. The number of benzene rings is 2. The molecule has 1 heterocycles. The van der Waals surface area contributed by atoms with E-state index in [1.807, 2.05) is 43.3 Å². The van der Waals surface area contributed by atoms with E-state index in [2.05, 4.69) is 40.5 Å². The van der Waals surface area contributed by atoms with Crippen LogP contribution in [-0.4, -0.2) is 24.2 Å². The van der Waals surface area contributed by atoms with E-state index in [0.717, 1.165) is 22.9 Å². The zero-order chi connectivity index (χ0) is 19.4. The molecule has 0 unspecified atom stereocenters. The van der Waals surface area contributed by atoms with Crippen LogP contribution in [0.5, 0.6) is 11.5 Å². The lowest BCUT2D eigenvalue weighted by molar-refractivity contribution is 0.355. The van der Waals surface area contributed by atoms with Crippen molar-refractivity contribution in [3.63, 3.8) is 0 Å². The molecule has 27 heavy (non-hydrogen) atoms. The second kappa shape index (κ2) is 7.95.